The molecule has 0 bridgehead atoms. The second-order valence-electron chi connectivity index (χ2n) is 9.49. The van der Waals surface area contributed by atoms with Crippen molar-refractivity contribution in [1.82, 2.24) is 24.5 Å². The Morgan fingerprint density at radius 3 is 2.66 bits per heavy atom. The number of hydrogen-bond acceptors (Lipinski definition) is 6. The molecule has 2 aromatic carbocycles. The predicted molar refractivity (Wildman–Crippen MR) is 136 cm³/mol. The van der Waals surface area contributed by atoms with E-state index in [1.165, 1.54) is 12.8 Å². The molecule has 0 N–H and O–H groups in total. The zero-order chi connectivity index (χ0) is 23.8. The number of amides is 1. The normalized spacial score (nSPS) is 17.3. The summed E-state index contributed by atoms with van der Waals surface area (Å²) in [4.78, 5) is 22.5. The monoisotopic (exact) mass is 470 g/mol. The Kier molecular flexibility index (Phi) is 5.72. The van der Waals surface area contributed by atoms with Crippen LogP contribution < -0.4 is 9.64 Å². The summed E-state index contributed by atoms with van der Waals surface area (Å²) in [7, 11) is 1.66. The van der Waals surface area contributed by atoms with E-state index >= 15 is 0 Å². The third-order valence-corrected chi connectivity index (χ3v) is 7.35. The standard InChI is InChI=1S/C27H30N6O2/c1-35-21-11-6-10-20(18-21)24-29-30-25-22-12-4-5-13-23(22)28-27(33(24)25)32-15-7-14-31(16-17-32)26(34)19-8-2-3-9-19/h4-6,10-13,18-19H,2-3,7-9,14-17H2,1H3. The van der Waals surface area contributed by atoms with Gasteiger partial charge < -0.3 is 14.5 Å². The molecule has 6 rings (SSSR count). The van der Waals surface area contributed by atoms with Crippen LogP contribution in [0.2, 0.25) is 0 Å². The van der Waals surface area contributed by atoms with Gasteiger partial charge in [0.15, 0.2) is 11.5 Å². The number of para-hydroxylation sites is 1. The molecule has 180 valence electrons. The lowest BCUT2D eigenvalue weighted by Gasteiger charge is -2.25. The first-order chi connectivity index (χ1) is 17.2. The van der Waals surface area contributed by atoms with E-state index in [0.717, 1.165) is 78.5 Å². The molecule has 4 aromatic rings. The van der Waals surface area contributed by atoms with E-state index in [1.54, 1.807) is 7.11 Å². The molecule has 2 aliphatic rings. The van der Waals surface area contributed by atoms with Crippen molar-refractivity contribution in [1.29, 1.82) is 0 Å². The summed E-state index contributed by atoms with van der Waals surface area (Å²) >= 11 is 0. The van der Waals surface area contributed by atoms with Crippen LogP contribution in [-0.2, 0) is 4.79 Å². The highest BCUT2D eigenvalue weighted by Crippen LogP contribution is 2.31. The molecular weight excluding hydrogens is 440 g/mol. The van der Waals surface area contributed by atoms with Gasteiger partial charge in [0.25, 0.3) is 0 Å². The Balaban J connectivity index is 1.41. The fraction of sp³-hybridized carbons (Fsp3) is 0.407. The average molecular weight is 471 g/mol. The maximum absolute atomic E-state index is 13.1. The molecule has 1 saturated carbocycles. The molecule has 3 heterocycles. The van der Waals surface area contributed by atoms with Crippen molar-refractivity contribution in [2.45, 2.75) is 32.1 Å². The van der Waals surface area contributed by atoms with E-state index in [4.69, 9.17) is 9.72 Å². The molecular formula is C27H30N6O2. The number of methoxy groups -OCH3 is 1. The van der Waals surface area contributed by atoms with Gasteiger partial charge in [-0.2, -0.15) is 0 Å². The predicted octanol–water partition coefficient (Wildman–Crippen LogP) is 4.18. The molecule has 0 spiro atoms. The Labute approximate surface area is 204 Å². The largest absolute Gasteiger partial charge is 0.497 e. The smallest absolute Gasteiger partial charge is 0.225 e. The van der Waals surface area contributed by atoms with E-state index in [-0.39, 0.29) is 5.92 Å². The quantitative estimate of drug-likeness (QED) is 0.445. The Morgan fingerprint density at radius 1 is 0.943 bits per heavy atom. The zero-order valence-corrected chi connectivity index (χ0v) is 20.1. The SMILES string of the molecule is COc1cccc(-c2nnc3c4ccccc4nc(N4CCCN(C(=O)C5CCCC5)CC4)n23)c1. The number of nitrogens with zero attached hydrogens (tertiary/aromatic N) is 6. The lowest BCUT2D eigenvalue weighted by atomic mass is 10.1. The molecule has 35 heavy (non-hydrogen) atoms. The Bertz CT molecular complexity index is 1380. The van der Waals surface area contributed by atoms with Crippen LogP contribution in [0.4, 0.5) is 5.95 Å². The summed E-state index contributed by atoms with van der Waals surface area (Å²) in [5, 5.41) is 10.1. The number of aromatic nitrogens is 4. The zero-order valence-electron chi connectivity index (χ0n) is 20.1. The van der Waals surface area contributed by atoms with Gasteiger partial charge in [0.05, 0.1) is 12.6 Å². The first-order valence-electron chi connectivity index (χ1n) is 12.5. The third kappa shape index (κ3) is 3.96. The van der Waals surface area contributed by atoms with Crippen molar-refractivity contribution >= 4 is 28.4 Å². The highest BCUT2D eigenvalue weighted by molar-refractivity contribution is 5.93. The number of rotatable bonds is 4. The van der Waals surface area contributed by atoms with Crippen molar-refractivity contribution in [2.75, 3.05) is 38.2 Å². The van der Waals surface area contributed by atoms with E-state index in [9.17, 15) is 4.79 Å². The number of fused-ring (bicyclic) bond motifs is 3. The van der Waals surface area contributed by atoms with Gasteiger partial charge in [-0.3, -0.25) is 4.79 Å². The molecule has 1 amide bonds. The van der Waals surface area contributed by atoms with Crippen LogP contribution in [0.25, 0.3) is 27.9 Å². The van der Waals surface area contributed by atoms with Crippen LogP contribution in [0.5, 0.6) is 5.75 Å². The Morgan fingerprint density at radius 2 is 1.80 bits per heavy atom. The topological polar surface area (TPSA) is 75.9 Å². The first-order valence-corrected chi connectivity index (χ1v) is 12.5. The molecule has 0 unspecified atom stereocenters. The summed E-state index contributed by atoms with van der Waals surface area (Å²) in [6.45, 7) is 3.06. The van der Waals surface area contributed by atoms with Crippen molar-refractivity contribution < 1.29 is 9.53 Å². The van der Waals surface area contributed by atoms with Crippen LogP contribution in [0.1, 0.15) is 32.1 Å². The molecule has 8 nitrogen and oxygen atoms in total. The lowest BCUT2D eigenvalue weighted by Crippen LogP contribution is -2.38. The van der Waals surface area contributed by atoms with Crippen molar-refractivity contribution in [2.24, 2.45) is 5.92 Å². The number of ether oxygens (including phenoxy) is 1. The summed E-state index contributed by atoms with van der Waals surface area (Å²) in [5.41, 5.74) is 2.59. The summed E-state index contributed by atoms with van der Waals surface area (Å²) in [5.74, 6) is 2.87. The van der Waals surface area contributed by atoms with Gasteiger partial charge in [-0.25, -0.2) is 9.38 Å². The van der Waals surface area contributed by atoms with Gasteiger partial charge in [-0.05, 0) is 43.5 Å². The number of benzene rings is 2. The average Bonchev–Trinajstić information content (AvgIpc) is 3.54. The van der Waals surface area contributed by atoms with Gasteiger partial charge >= 0.3 is 0 Å². The lowest BCUT2D eigenvalue weighted by molar-refractivity contribution is -0.135. The Hall–Kier alpha value is -3.68. The molecule has 1 aliphatic carbocycles. The number of carbonyl (C=O) groups is 1. The minimum Gasteiger partial charge on any atom is -0.497 e. The second-order valence-corrected chi connectivity index (χ2v) is 9.49. The van der Waals surface area contributed by atoms with Crippen LogP contribution >= 0.6 is 0 Å². The number of anilines is 1. The van der Waals surface area contributed by atoms with Gasteiger partial charge in [0, 0.05) is 43.0 Å². The molecule has 2 fully saturated rings. The van der Waals surface area contributed by atoms with Gasteiger partial charge in [0.1, 0.15) is 5.75 Å². The summed E-state index contributed by atoms with van der Waals surface area (Å²) < 4.78 is 7.51. The fourth-order valence-corrected chi connectivity index (χ4v) is 5.50. The van der Waals surface area contributed by atoms with E-state index in [1.807, 2.05) is 48.5 Å². The molecule has 0 atom stereocenters. The minimum absolute atomic E-state index is 0.213. The van der Waals surface area contributed by atoms with E-state index < -0.39 is 0 Å². The summed E-state index contributed by atoms with van der Waals surface area (Å²) in [6, 6.07) is 15.9. The highest BCUT2D eigenvalue weighted by Gasteiger charge is 2.29. The maximum atomic E-state index is 13.1. The molecule has 0 radical (unpaired) electrons. The van der Waals surface area contributed by atoms with Crippen LogP contribution in [0, 0.1) is 5.92 Å². The van der Waals surface area contributed by atoms with Crippen molar-refractivity contribution in [3.63, 3.8) is 0 Å². The molecule has 2 aromatic heterocycles. The van der Waals surface area contributed by atoms with Gasteiger partial charge in [-0.1, -0.05) is 37.1 Å². The molecule has 1 saturated heterocycles. The summed E-state index contributed by atoms with van der Waals surface area (Å²) in [6.07, 6.45) is 5.34. The first kappa shape index (κ1) is 21.8. The van der Waals surface area contributed by atoms with E-state index in [2.05, 4.69) is 24.4 Å². The maximum Gasteiger partial charge on any atom is 0.225 e. The second kappa shape index (κ2) is 9.17. The molecule has 1 aliphatic heterocycles. The third-order valence-electron chi connectivity index (χ3n) is 7.35. The highest BCUT2D eigenvalue weighted by atomic mass is 16.5. The van der Waals surface area contributed by atoms with Gasteiger partial charge in [-0.15, -0.1) is 10.2 Å². The van der Waals surface area contributed by atoms with Crippen molar-refractivity contribution in [3.05, 3.63) is 48.5 Å². The number of carbonyl (C=O) groups excluding carboxylic acids is 1. The minimum atomic E-state index is 0.213. The number of hydrogen-bond donors (Lipinski definition) is 0. The van der Waals surface area contributed by atoms with E-state index in [0.29, 0.717) is 12.5 Å². The van der Waals surface area contributed by atoms with Crippen molar-refractivity contribution in [3.8, 4) is 17.1 Å². The molecule has 8 heteroatoms. The fourth-order valence-electron chi connectivity index (χ4n) is 5.50. The van der Waals surface area contributed by atoms with Gasteiger partial charge in [0.2, 0.25) is 11.9 Å². The van der Waals surface area contributed by atoms with Crippen LogP contribution in [0.15, 0.2) is 48.5 Å². The van der Waals surface area contributed by atoms with Crippen LogP contribution in [-0.4, -0.2) is 63.7 Å². The van der Waals surface area contributed by atoms with Crippen LogP contribution in [0.3, 0.4) is 0 Å².